The highest BCUT2D eigenvalue weighted by Crippen LogP contribution is 2.25. The SMILES string of the molecule is O=C(CCNC(=O)c1cccs1)Nc1cccc(OC(F)(F)F)c1. The predicted octanol–water partition coefficient (Wildman–Crippen LogP) is 3.41. The average molecular weight is 358 g/mol. The van der Waals surface area contributed by atoms with Gasteiger partial charge in [0.1, 0.15) is 5.75 Å². The standard InChI is InChI=1S/C15H13F3N2O3S/c16-15(17,18)23-11-4-1-3-10(9-11)20-13(21)6-7-19-14(22)12-5-2-8-24-12/h1-5,8-9H,6-7H2,(H,19,22)(H,20,21). The van der Waals surface area contributed by atoms with Crippen molar-refractivity contribution in [3.8, 4) is 5.75 Å². The van der Waals surface area contributed by atoms with Gasteiger partial charge in [0.25, 0.3) is 5.91 Å². The van der Waals surface area contributed by atoms with Crippen molar-refractivity contribution in [3.63, 3.8) is 0 Å². The highest BCUT2D eigenvalue weighted by molar-refractivity contribution is 7.12. The number of benzene rings is 1. The first kappa shape index (κ1) is 17.8. The molecular formula is C15H13F3N2O3S. The lowest BCUT2D eigenvalue weighted by atomic mass is 10.3. The third-order valence-electron chi connectivity index (χ3n) is 2.73. The van der Waals surface area contributed by atoms with Gasteiger partial charge in [-0.15, -0.1) is 24.5 Å². The smallest absolute Gasteiger partial charge is 0.406 e. The lowest BCUT2D eigenvalue weighted by molar-refractivity contribution is -0.274. The molecule has 24 heavy (non-hydrogen) atoms. The van der Waals surface area contributed by atoms with Gasteiger partial charge in [-0.3, -0.25) is 9.59 Å². The molecule has 1 heterocycles. The summed E-state index contributed by atoms with van der Waals surface area (Å²) in [4.78, 5) is 24.0. The van der Waals surface area contributed by atoms with Crippen LogP contribution in [0.4, 0.5) is 18.9 Å². The number of carbonyl (C=O) groups is 2. The molecule has 0 saturated carbocycles. The van der Waals surface area contributed by atoms with Crippen LogP contribution in [-0.2, 0) is 4.79 Å². The van der Waals surface area contributed by atoms with Gasteiger partial charge in [0.2, 0.25) is 5.91 Å². The number of halogens is 3. The van der Waals surface area contributed by atoms with Crippen LogP contribution in [0, 0.1) is 0 Å². The summed E-state index contributed by atoms with van der Waals surface area (Å²) in [5.74, 6) is -1.14. The van der Waals surface area contributed by atoms with E-state index in [1.54, 1.807) is 17.5 Å². The number of anilines is 1. The van der Waals surface area contributed by atoms with E-state index in [0.29, 0.717) is 4.88 Å². The Labute approximate surface area is 139 Å². The second-order valence-corrected chi connectivity index (χ2v) is 5.55. The average Bonchev–Trinajstić information content (AvgIpc) is 2.99. The number of nitrogens with one attached hydrogen (secondary N) is 2. The molecule has 9 heteroatoms. The molecule has 2 N–H and O–H groups in total. The fraction of sp³-hybridized carbons (Fsp3) is 0.200. The summed E-state index contributed by atoms with van der Waals surface area (Å²) >= 11 is 1.28. The van der Waals surface area contributed by atoms with Crippen LogP contribution >= 0.6 is 11.3 Å². The minimum Gasteiger partial charge on any atom is -0.406 e. The van der Waals surface area contributed by atoms with E-state index >= 15 is 0 Å². The maximum absolute atomic E-state index is 12.1. The number of rotatable bonds is 6. The van der Waals surface area contributed by atoms with Gasteiger partial charge in [0.15, 0.2) is 0 Å². The van der Waals surface area contributed by atoms with Crippen LogP contribution in [0.15, 0.2) is 41.8 Å². The molecule has 0 aliphatic heterocycles. The summed E-state index contributed by atoms with van der Waals surface area (Å²) < 4.78 is 40.2. The first-order valence-electron chi connectivity index (χ1n) is 6.81. The van der Waals surface area contributed by atoms with Gasteiger partial charge < -0.3 is 15.4 Å². The summed E-state index contributed by atoms with van der Waals surface area (Å²) in [7, 11) is 0. The zero-order valence-electron chi connectivity index (χ0n) is 12.2. The molecule has 0 atom stereocenters. The number of amides is 2. The van der Waals surface area contributed by atoms with Crippen molar-refractivity contribution in [2.45, 2.75) is 12.8 Å². The van der Waals surface area contributed by atoms with Gasteiger partial charge in [0, 0.05) is 24.7 Å². The van der Waals surface area contributed by atoms with Crippen molar-refractivity contribution in [1.29, 1.82) is 0 Å². The molecule has 128 valence electrons. The van der Waals surface area contributed by atoms with Gasteiger partial charge in [-0.2, -0.15) is 0 Å². The largest absolute Gasteiger partial charge is 0.573 e. The second-order valence-electron chi connectivity index (χ2n) is 4.61. The number of alkyl halides is 3. The number of thiophene rings is 1. The Bertz CT molecular complexity index is 702. The minimum atomic E-state index is -4.80. The van der Waals surface area contributed by atoms with Crippen LogP contribution in [0.2, 0.25) is 0 Å². The zero-order chi connectivity index (χ0) is 17.6. The second kappa shape index (κ2) is 7.82. The van der Waals surface area contributed by atoms with E-state index < -0.39 is 18.0 Å². The number of carbonyl (C=O) groups excluding carboxylic acids is 2. The molecular weight excluding hydrogens is 345 g/mol. The number of hydrogen-bond acceptors (Lipinski definition) is 4. The first-order chi connectivity index (χ1) is 11.3. The summed E-state index contributed by atoms with van der Waals surface area (Å²) in [6.07, 6.45) is -4.81. The van der Waals surface area contributed by atoms with Crippen LogP contribution in [0.1, 0.15) is 16.1 Å². The Morgan fingerprint density at radius 3 is 2.62 bits per heavy atom. The summed E-state index contributed by atoms with van der Waals surface area (Å²) in [6, 6.07) is 8.36. The fourth-order valence-electron chi connectivity index (χ4n) is 1.78. The molecule has 2 amide bonds. The molecule has 0 spiro atoms. The van der Waals surface area contributed by atoms with Gasteiger partial charge in [-0.1, -0.05) is 12.1 Å². The number of ether oxygens (including phenoxy) is 1. The Hall–Kier alpha value is -2.55. The highest BCUT2D eigenvalue weighted by Gasteiger charge is 2.31. The molecule has 0 radical (unpaired) electrons. The predicted molar refractivity (Wildman–Crippen MR) is 83.0 cm³/mol. The zero-order valence-corrected chi connectivity index (χ0v) is 13.0. The summed E-state index contributed by atoms with van der Waals surface area (Å²) in [5, 5.41) is 6.78. The van der Waals surface area contributed by atoms with E-state index in [0.717, 1.165) is 12.1 Å². The molecule has 1 aromatic heterocycles. The third-order valence-corrected chi connectivity index (χ3v) is 3.60. The Balaban J connectivity index is 1.80. The van der Waals surface area contributed by atoms with E-state index in [9.17, 15) is 22.8 Å². The normalized spacial score (nSPS) is 11.0. The van der Waals surface area contributed by atoms with E-state index in [4.69, 9.17) is 0 Å². The molecule has 2 rings (SSSR count). The Kier molecular flexibility index (Phi) is 5.80. The van der Waals surface area contributed by atoms with Gasteiger partial charge in [-0.05, 0) is 23.6 Å². The van der Waals surface area contributed by atoms with Crippen LogP contribution in [-0.4, -0.2) is 24.7 Å². The molecule has 0 aliphatic carbocycles. The fourth-order valence-corrected chi connectivity index (χ4v) is 2.42. The molecule has 0 fully saturated rings. The van der Waals surface area contributed by atoms with E-state index in [1.807, 2.05) is 0 Å². The van der Waals surface area contributed by atoms with Crippen molar-refractivity contribution >= 4 is 28.8 Å². The molecule has 5 nitrogen and oxygen atoms in total. The highest BCUT2D eigenvalue weighted by atomic mass is 32.1. The summed E-state index contributed by atoms with van der Waals surface area (Å²) in [6.45, 7) is 0.112. The van der Waals surface area contributed by atoms with Crippen molar-refractivity contribution in [1.82, 2.24) is 5.32 Å². The molecule has 0 bridgehead atoms. The third kappa shape index (κ3) is 5.92. The lowest BCUT2D eigenvalue weighted by Crippen LogP contribution is -2.27. The molecule has 1 aromatic carbocycles. The molecule has 0 unspecified atom stereocenters. The van der Waals surface area contributed by atoms with Crippen molar-refractivity contribution < 1.29 is 27.5 Å². The first-order valence-corrected chi connectivity index (χ1v) is 7.69. The van der Waals surface area contributed by atoms with E-state index in [-0.39, 0.29) is 24.6 Å². The van der Waals surface area contributed by atoms with Gasteiger partial charge >= 0.3 is 6.36 Å². The number of hydrogen-bond donors (Lipinski definition) is 2. The van der Waals surface area contributed by atoms with Crippen LogP contribution in [0.25, 0.3) is 0 Å². The van der Waals surface area contributed by atoms with Crippen LogP contribution < -0.4 is 15.4 Å². The maximum Gasteiger partial charge on any atom is 0.573 e. The van der Waals surface area contributed by atoms with Crippen molar-refractivity contribution in [2.75, 3.05) is 11.9 Å². The Morgan fingerprint density at radius 2 is 1.96 bits per heavy atom. The van der Waals surface area contributed by atoms with Gasteiger partial charge in [0.05, 0.1) is 4.88 Å². The van der Waals surface area contributed by atoms with Gasteiger partial charge in [-0.25, -0.2) is 0 Å². The van der Waals surface area contributed by atoms with E-state index in [1.165, 1.54) is 23.5 Å². The minimum absolute atomic E-state index is 0.0124. The van der Waals surface area contributed by atoms with E-state index in [2.05, 4.69) is 15.4 Å². The topological polar surface area (TPSA) is 67.4 Å². The monoisotopic (exact) mass is 358 g/mol. The molecule has 0 aliphatic rings. The van der Waals surface area contributed by atoms with Crippen molar-refractivity contribution in [3.05, 3.63) is 46.7 Å². The summed E-state index contributed by atoms with van der Waals surface area (Å²) in [5.41, 5.74) is 0.173. The van der Waals surface area contributed by atoms with Crippen LogP contribution in [0.5, 0.6) is 5.75 Å². The quantitative estimate of drug-likeness (QED) is 0.832. The maximum atomic E-state index is 12.1. The lowest BCUT2D eigenvalue weighted by Gasteiger charge is -2.11. The molecule has 0 saturated heterocycles. The molecule has 2 aromatic rings. The van der Waals surface area contributed by atoms with Crippen molar-refractivity contribution in [2.24, 2.45) is 0 Å². The van der Waals surface area contributed by atoms with Crippen LogP contribution in [0.3, 0.4) is 0 Å². The Morgan fingerprint density at radius 1 is 1.17 bits per heavy atom.